The number of benzene rings is 2. The largest absolute Gasteiger partial charge is 0.497 e. The molecule has 2 aromatic carbocycles. The number of carbonyl (C=O) groups is 5. The number of methoxy groups -OCH3 is 2. The maximum atomic E-state index is 12.1. The van der Waals surface area contributed by atoms with E-state index < -0.39 is 23.9 Å². The predicted octanol–water partition coefficient (Wildman–Crippen LogP) is 5.50. The summed E-state index contributed by atoms with van der Waals surface area (Å²) in [5.41, 5.74) is 0.596. The van der Waals surface area contributed by atoms with E-state index in [1.165, 1.54) is 46.3 Å². The van der Waals surface area contributed by atoms with Gasteiger partial charge in [-0.1, -0.05) is 0 Å². The van der Waals surface area contributed by atoms with Crippen molar-refractivity contribution in [3.63, 3.8) is 0 Å². The minimum Gasteiger partial charge on any atom is -0.497 e. The van der Waals surface area contributed by atoms with Crippen molar-refractivity contribution in [2.45, 2.75) is 27.7 Å². The highest BCUT2D eigenvalue weighted by Gasteiger charge is 2.23. The molecule has 0 atom stereocenters. The van der Waals surface area contributed by atoms with Crippen molar-refractivity contribution in [1.82, 2.24) is 0 Å². The summed E-state index contributed by atoms with van der Waals surface area (Å²) in [6, 6.07) is 5.82. The molecule has 0 amide bonds. The van der Waals surface area contributed by atoms with E-state index in [4.69, 9.17) is 28.4 Å². The molecular weight excluding hydrogens is 660 g/mol. The molecule has 0 heterocycles. The summed E-state index contributed by atoms with van der Waals surface area (Å²) in [5.74, 6) is -1.69. The Balaban J connectivity index is 0.000000402. The van der Waals surface area contributed by atoms with E-state index in [0.717, 1.165) is 0 Å². The first kappa shape index (κ1) is 34.3. The van der Waals surface area contributed by atoms with E-state index in [0.29, 0.717) is 26.7 Å². The summed E-state index contributed by atoms with van der Waals surface area (Å²) in [7, 11) is 2.87. The second-order valence-corrected chi connectivity index (χ2v) is 10.1. The lowest BCUT2D eigenvalue weighted by Crippen LogP contribution is -2.13. The van der Waals surface area contributed by atoms with E-state index in [2.05, 4.69) is 31.9 Å². The van der Waals surface area contributed by atoms with Gasteiger partial charge in [-0.15, -0.1) is 0 Å². The summed E-state index contributed by atoms with van der Waals surface area (Å²) in [6.07, 6.45) is 2.11. The third-order valence-corrected chi connectivity index (χ3v) is 5.00. The molecule has 216 valence electrons. The monoisotopic (exact) mass is 686 g/mol. The number of rotatable bonds is 10. The van der Waals surface area contributed by atoms with Crippen molar-refractivity contribution >= 4 is 68.1 Å². The van der Waals surface area contributed by atoms with Gasteiger partial charge in [0.25, 0.3) is 0 Å². The molecule has 0 bridgehead atoms. The standard InChI is InChI=1S/C14H14Br2O5.C13H14O6/c1-4-20-14(18)13-9(6-12(15)16)5-10(19-3)7-11(13)21-8(2)17;1-4-18-13(16)12-9(7-14)5-10(17-3)6-11(12)19-8(2)15/h5-7H,4H2,1-3H3;5-7H,4H2,1-3H3. The SMILES string of the molecule is CCOC(=O)c1c(C=C(Br)Br)cc(OC)cc1OC(C)=O.CCOC(=O)c1c(C=O)cc(OC)cc1OC(C)=O. The van der Waals surface area contributed by atoms with Gasteiger partial charge in [0.2, 0.25) is 0 Å². The Kier molecular flexibility index (Phi) is 14.7. The second-order valence-electron chi connectivity index (χ2n) is 7.36. The molecule has 0 aliphatic rings. The normalized spacial score (nSPS) is 9.70. The maximum Gasteiger partial charge on any atom is 0.342 e. The molecule has 0 fully saturated rings. The fourth-order valence-corrected chi connectivity index (χ4v) is 3.59. The van der Waals surface area contributed by atoms with Crippen LogP contribution in [0.3, 0.4) is 0 Å². The third-order valence-electron chi connectivity index (χ3n) is 4.54. The first-order valence-corrected chi connectivity index (χ1v) is 13.1. The van der Waals surface area contributed by atoms with Crippen LogP contribution in [0.1, 0.15) is 64.3 Å². The van der Waals surface area contributed by atoms with Gasteiger partial charge in [-0.3, -0.25) is 14.4 Å². The number of carbonyl (C=O) groups excluding carboxylic acids is 5. The number of halogens is 2. The van der Waals surface area contributed by atoms with Gasteiger partial charge in [0.1, 0.15) is 34.1 Å². The minimum atomic E-state index is -0.733. The zero-order valence-electron chi connectivity index (χ0n) is 22.6. The van der Waals surface area contributed by atoms with Crippen LogP contribution in [0.2, 0.25) is 0 Å². The van der Waals surface area contributed by atoms with Crippen LogP contribution >= 0.6 is 31.9 Å². The van der Waals surface area contributed by atoms with Crippen molar-refractivity contribution in [1.29, 1.82) is 0 Å². The van der Waals surface area contributed by atoms with Crippen LogP contribution in [-0.4, -0.2) is 57.6 Å². The Morgan fingerprint density at radius 1 is 0.725 bits per heavy atom. The average Bonchev–Trinajstić information content (AvgIpc) is 2.87. The summed E-state index contributed by atoms with van der Waals surface area (Å²) < 4.78 is 30.6. The molecule has 0 aliphatic carbocycles. The quantitative estimate of drug-likeness (QED) is 0.178. The van der Waals surface area contributed by atoms with Gasteiger partial charge in [0.05, 0.1) is 30.8 Å². The maximum absolute atomic E-state index is 12.1. The van der Waals surface area contributed by atoms with Crippen LogP contribution in [-0.2, 0) is 19.1 Å². The van der Waals surface area contributed by atoms with Crippen molar-refractivity contribution in [2.75, 3.05) is 27.4 Å². The van der Waals surface area contributed by atoms with Crippen molar-refractivity contribution in [3.05, 3.63) is 49.9 Å². The fraction of sp³-hybridized carbons (Fsp3) is 0.296. The zero-order chi connectivity index (χ0) is 30.4. The number of ether oxygens (including phenoxy) is 6. The van der Waals surface area contributed by atoms with Crippen LogP contribution in [0.15, 0.2) is 27.7 Å². The van der Waals surface area contributed by atoms with Crippen LogP contribution in [0, 0.1) is 0 Å². The first-order chi connectivity index (χ1) is 18.9. The van der Waals surface area contributed by atoms with Gasteiger partial charge < -0.3 is 28.4 Å². The minimum absolute atomic E-state index is 0.0362. The number of hydrogen-bond acceptors (Lipinski definition) is 11. The molecular formula is C27H28Br2O11. The summed E-state index contributed by atoms with van der Waals surface area (Å²) in [4.78, 5) is 57.3. The number of hydrogen-bond donors (Lipinski definition) is 0. The molecule has 0 aromatic heterocycles. The van der Waals surface area contributed by atoms with Gasteiger partial charge in [-0.05, 0) is 69.5 Å². The fourth-order valence-electron chi connectivity index (χ4n) is 3.10. The Morgan fingerprint density at radius 2 is 1.12 bits per heavy atom. The van der Waals surface area contributed by atoms with Crippen molar-refractivity contribution in [3.8, 4) is 23.0 Å². The zero-order valence-corrected chi connectivity index (χ0v) is 25.8. The topological polar surface area (TPSA) is 141 Å². The Labute approximate surface area is 248 Å². The van der Waals surface area contributed by atoms with Gasteiger partial charge in [0, 0.05) is 31.5 Å². The summed E-state index contributed by atoms with van der Waals surface area (Å²) in [5, 5.41) is 0. The lowest BCUT2D eigenvalue weighted by Gasteiger charge is -2.13. The molecule has 2 aromatic rings. The van der Waals surface area contributed by atoms with E-state index in [-0.39, 0.29) is 41.4 Å². The van der Waals surface area contributed by atoms with Gasteiger partial charge in [0.15, 0.2) is 6.29 Å². The van der Waals surface area contributed by atoms with E-state index in [1.54, 1.807) is 26.0 Å². The Hall–Kier alpha value is -3.71. The van der Waals surface area contributed by atoms with Gasteiger partial charge in [-0.2, -0.15) is 0 Å². The van der Waals surface area contributed by atoms with Crippen molar-refractivity contribution in [2.24, 2.45) is 0 Å². The van der Waals surface area contributed by atoms with E-state index in [1.807, 2.05) is 0 Å². The molecule has 0 spiro atoms. The molecule has 0 saturated carbocycles. The van der Waals surface area contributed by atoms with Crippen molar-refractivity contribution < 1.29 is 52.4 Å². The van der Waals surface area contributed by atoms with Crippen LogP contribution in [0.4, 0.5) is 0 Å². The van der Waals surface area contributed by atoms with Crippen LogP contribution < -0.4 is 18.9 Å². The summed E-state index contributed by atoms with van der Waals surface area (Å²) >= 11 is 6.46. The second kappa shape index (κ2) is 17.1. The number of aldehydes is 1. The highest BCUT2D eigenvalue weighted by molar-refractivity contribution is 9.28. The Morgan fingerprint density at radius 3 is 1.45 bits per heavy atom. The lowest BCUT2D eigenvalue weighted by molar-refractivity contribution is -0.132. The molecule has 0 aliphatic heterocycles. The molecule has 2 rings (SSSR count). The van der Waals surface area contributed by atoms with Crippen LogP contribution in [0.25, 0.3) is 6.08 Å². The summed E-state index contributed by atoms with van der Waals surface area (Å²) in [6.45, 7) is 6.13. The molecule has 40 heavy (non-hydrogen) atoms. The molecule has 0 saturated heterocycles. The highest BCUT2D eigenvalue weighted by atomic mass is 79.9. The molecule has 0 N–H and O–H groups in total. The Bertz CT molecular complexity index is 1280. The number of esters is 4. The lowest BCUT2D eigenvalue weighted by atomic mass is 10.1. The van der Waals surface area contributed by atoms with E-state index in [9.17, 15) is 24.0 Å². The molecule has 0 radical (unpaired) electrons. The van der Waals surface area contributed by atoms with Crippen LogP contribution in [0.5, 0.6) is 23.0 Å². The van der Waals surface area contributed by atoms with Gasteiger partial charge in [-0.25, -0.2) is 9.59 Å². The average molecular weight is 688 g/mol. The first-order valence-electron chi connectivity index (χ1n) is 11.5. The molecule has 13 heteroatoms. The van der Waals surface area contributed by atoms with E-state index >= 15 is 0 Å². The third kappa shape index (κ3) is 10.5. The van der Waals surface area contributed by atoms with Gasteiger partial charge >= 0.3 is 23.9 Å². The molecule has 11 nitrogen and oxygen atoms in total. The highest BCUT2D eigenvalue weighted by Crippen LogP contribution is 2.33. The predicted molar refractivity (Wildman–Crippen MR) is 152 cm³/mol. The smallest absolute Gasteiger partial charge is 0.342 e. The molecule has 0 unspecified atom stereocenters.